The van der Waals surface area contributed by atoms with Gasteiger partial charge in [-0.15, -0.1) is 0 Å². The van der Waals surface area contributed by atoms with Crippen LogP contribution in [0.3, 0.4) is 0 Å². The Hall–Kier alpha value is -2.05. The SMILES string of the molecule is COS(=O)(=O)c1ccc(C)cc1C1Cc2cccc(-c3c(Cl)cccc3Cl)c2O1. The van der Waals surface area contributed by atoms with Gasteiger partial charge in [0.2, 0.25) is 0 Å². The molecule has 1 heterocycles. The topological polar surface area (TPSA) is 52.6 Å². The quantitative estimate of drug-likeness (QED) is 0.460. The Balaban J connectivity index is 1.82. The van der Waals surface area contributed by atoms with E-state index in [4.69, 9.17) is 32.1 Å². The third-order valence-electron chi connectivity index (χ3n) is 5.00. The molecule has 0 aliphatic carbocycles. The van der Waals surface area contributed by atoms with Crippen molar-refractivity contribution < 1.29 is 17.3 Å². The summed E-state index contributed by atoms with van der Waals surface area (Å²) < 4.78 is 35.9. The maximum absolute atomic E-state index is 12.4. The average molecular weight is 449 g/mol. The summed E-state index contributed by atoms with van der Waals surface area (Å²) >= 11 is 12.8. The Morgan fingerprint density at radius 1 is 1.03 bits per heavy atom. The smallest absolute Gasteiger partial charge is 0.297 e. The summed E-state index contributed by atoms with van der Waals surface area (Å²) in [6, 6.07) is 16.2. The highest BCUT2D eigenvalue weighted by Crippen LogP contribution is 2.47. The molecule has 1 unspecified atom stereocenters. The monoisotopic (exact) mass is 448 g/mol. The number of hydrogen-bond donors (Lipinski definition) is 0. The molecular weight excluding hydrogens is 431 g/mol. The number of para-hydroxylation sites is 1. The Labute approximate surface area is 180 Å². The van der Waals surface area contributed by atoms with Crippen LogP contribution in [0.4, 0.5) is 0 Å². The molecule has 0 spiro atoms. The molecular formula is C22H18Cl2O4S. The van der Waals surface area contributed by atoms with Crippen molar-refractivity contribution in [3.8, 4) is 16.9 Å². The Kier molecular flexibility index (Phi) is 5.34. The molecule has 0 fully saturated rings. The predicted octanol–water partition coefficient (Wildman–Crippen LogP) is 5.98. The van der Waals surface area contributed by atoms with Gasteiger partial charge in [-0.3, -0.25) is 4.18 Å². The second kappa shape index (κ2) is 7.65. The predicted molar refractivity (Wildman–Crippen MR) is 114 cm³/mol. The third kappa shape index (κ3) is 3.64. The maximum Gasteiger partial charge on any atom is 0.297 e. The number of aryl methyl sites for hydroxylation is 1. The molecule has 1 aliphatic rings. The first-order valence-electron chi connectivity index (χ1n) is 8.96. The van der Waals surface area contributed by atoms with Gasteiger partial charge in [-0.25, -0.2) is 0 Å². The molecule has 0 saturated heterocycles. The first-order chi connectivity index (χ1) is 13.8. The zero-order valence-electron chi connectivity index (χ0n) is 15.8. The lowest BCUT2D eigenvalue weighted by atomic mass is 9.98. The van der Waals surface area contributed by atoms with E-state index in [9.17, 15) is 8.42 Å². The molecule has 0 bridgehead atoms. The van der Waals surface area contributed by atoms with Crippen LogP contribution < -0.4 is 4.74 Å². The van der Waals surface area contributed by atoms with E-state index >= 15 is 0 Å². The summed E-state index contributed by atoms with van der Waals surface area (Å²) in [5.74, 6) is 0.662. The van der Waals surface area contributed by atoms with Crippen LogP contribution in [-0.4, -0.2) is 15.5 Å². The molecule has 4 rings (SSSR count). The van der Waals surface area contributed by atoms with E-state index in [1.54, 1.807) is 30.3 Å². The van der Waals surface area contributed by atoms with Crippen LogP contribution in [-0.2, 0) is 20.7 Å². The average Bonchev–Trinajstić information content (AvgIpc) is 3.12. The number of ether oxygens (including phenoxy) is 1. The van der Waals surface area contributed by atoms with E-state index in [-0.39, 0.29) is 4.90 Å². The van der Waals surface area contributed by atoms with Gasteiger partial charge < -0.3 is 4.74 Å². The van der Waals surface area contributed by atoms with Gasteiger partial charge in [0, 0.05) is 23.1 Å². The van der Waals surface area contributed by atoms with Crippen molar-refractivity contribution in [2.75, 3.05) is 7.11 Å². The maximum atomic E-state index is 12.4. The number of hydrogen-bond acceptors (Lipinski definition) is 4. The molecule has 7 heteroatoms. The zero-order chi connectivity index (χ0) is 20.8. The lowest BCUT2D eigenvalue weighted by molar-refractivity contribution is 0.235. The van der Waals surface area contributed by atoms with Gasteiger partial charge in [-0.2, -0.15) is 8.42 Å². The van der Waals surface area contributed by atoms with Crippen LogP contribution in [0.15, 0.2) is 59.5 Å². The molecule has 4 nitrogen and oxygen atoms in total. The molecule has 3 aromatic carbocycles. The fourth-order valence-corrected chi connectivity index (χ4v) is 5.13. The second-order valence-corrected chi connectivity index (χ2v) is 9.36. The Bertz CT molecular complexity index is 1190. The molecule has 0 N–H and O–H groups in total. The third-order valence-corrected chi connectivity index (χ3v) is 6.97. The molecule has 150 valence electrons. The Morgan fingerprint density at radius 2 is 1.72 bits per heavy atom. The molecule has 1 atom stereocenters. The molecule has 0 aromatic heterocycles. The van der Waals surface area contributed by atoms with Gasteiger partial charge in [0.1, 0.15) is 16.7 Å². The van der Waals surface area contributed by atoms with E-state index < -0.39 is 16.2 Å². The molecule has 0 saturated carbocycles. The normalized spacial score (nSPS) is 15.8. The first-order valence-corrected chi connectivity index (χ1v) is 11.1. The van der Waals surface area contributed by atoms with E-state index in [1.807, 2.05) is 31.2 Å². The molecule has 29 heavy (non-hydrogen) atoms. The summed E-state index contributed by atoms with van der Waals surface area (Å²) in [4.78, 5) is 0.112. The van der Waals surface area contributed by atoms with Crippen LogP contribution in [0.25, 0.3) is 11.1 Å². The van der Waals surface area contributed by atoms with Gasteiger partial charge in [0.05, 0.1) is 17.2 Å². The summed E-state index contributed by atoms with van der Waals surface area (Å²) in [6.07, 6.45) is 0.0632. The van der Waals surface area contributed by atoms with Crippen molar-refractivity contribution in [2.45, 2.75) is 24.3 Å². The fraction of sp³-hybridized carbons (Fsp3) is 0.182. The van der Waals surface area contributed by atoms with Crippen LogP contribution >= 0.6 is 23.2 Å². The largest absolute Gasteiger partial charge is 0.484 e. The number of halogens is 2. The second-order valence-electron chi connectivity index (χ2n) is 6.86. The first kappa shape index (κ1) is 20.2. The number of rotatable bonds is 4. The van der Waals surface area contributed by atoms with Crippen molar-refractivity contribution in [1.82, 2.24) is 0 Å². The minimum absolute atomic E-state index is 0.112. The van der Waals surface area contributed by atoms with E-state index in [0.29, 0.717) is 33.3 Å². The summed E-state index contributed by atoms with van der Waals surface area (Å²) in [6.45, 7) is 1.91. The van der Waals surface area contributed by atoms with Crippen LogP contribution in [0.2, 0.25) is 10.0 Å². The summed E-state index contributed by atoms with van der Waals surface area (Å²) in [5, 5.41) is 1.05. The van der Waals surface area contributed by atoms with Gasteiger partial charge in [0.25, 0.3) is 10.1 Å². The summed E-state index contributed by atoms with van der Waals surface area (Å²) in [5.41, 5.74) is 3.95. The highest BCUT2D eigenvalue weighted by atomic mass is 35.5. The zero-order valence-corrected chi connectivity index (χ0v) is 18.1. The highest BCUT2D eigenvalue weighted by Gasteiger charge is 2.32. The molecule has 0 radical (unpaired) electrons. The molecule has 1 aliphatic heterocycles. The molecule has 0 amide bonds. The van der Waals surface area contributed by atoms with Gasteiger partial charge in [0.15, 0.2) is 0 Å². The van der Waals surface area contributed by atoms with E-state index in [0.717, 1.165) is 23.8 Å². The van der Waals surface area contributed by atoms with Crippen LogP contribution in [0.5, 0.6) is 5.75 Å². The Morgan fingerprint density at radius 3 is 2.41 bits per heavy atom. The highest BCUT2D eigenvalue weighted by molar-refractivity contribution is 7.86. The lowest BCUT2D eigenvalue weighted by Gasteiger charge is -2.17. The van der Waals surface area contributed by atoms with Gasteiger partial charge >= 0.3 is 0 Å². The van der Waals surface area contributed by atoms with Crippen LogP contribution in [0.1, 0.15) is 22.8 Å². The van der Waals surface area contributed by atoms with Crippen molar-refractivity contribution >= 4 is 33.3 Å². The van der Waals surface area contributed by atoms with E-state index in [2.05, 4.69) is 0 Å². The van der Waals surface area contributed by atoms with Crippen molar-refractivity contribution in [1.29, 1.82) is 0 Å². The standard InChI is InChI=1S/C22H18Cl2O4S/c1-13-9-10-20(29(25,26)27-2)16(11-13)19-12-14-5-3-6-15(22(14)28-19)21-17(23)7-4-8-18(21)24/h3-11,19H,12H2,1-2H3. The molecule has 3 aromatic rings. The number of fused-ring (bicyclic) bond motifs is 1. The van der Waals surface area contributed by atoms with E-state index in [1.165, 1.54) is 0 Å². The minimum atomic E-state index is -3.87. The van der Waals surface area contributed by atoms with Crippen molar-refractivity contribution in [3.05, 3.63) is 81.3 Å². The minimum Gasteiger partial charge on any atom is -0.484 e. The van der Waals surface area contributed by atoms with Crippen LogP contribution in [0, 0.1) is 6.92 Å². The van der Waals surface area contributed by atoms with Gasteiger partial charge in [-0.05, 0) is 30.7 Å². The lowest BCUT2D eigenvalue weighted by Crippen LogP contribution is -2.12. The van der Waals surface area contributed by atoms with Crippen molar-refractivity contribution in [2.24, 2.45) is 0 Å². The number of benzene rings is 3. The van der Waals surface area contributed by atoms with Crippen molar-refractivity contribution in [3.63, 3.8) is 0 Å². The van der Waals surface area contributed by atoms with Gasteiger partial charge in [-0.1, -0.05) is 65.2 Å². The fourth-order valence-electron chi connectivity index (χ4n) is 3.63. The summed E-state index contributed by atoms with van der Waals surface area (Å²) in [7, 11) is -2.71.